The van der Waals surface area contributed by atoms with Crippen LogP contribution in [0.5, 0.6) is 0 Å². The molecule has 1 fully saturated rings. The Balaban J connectivity index is 1.43. The molecule has 1 aliphatic heterocycles. The first kappa shape index (κ1) is 23.8. The lowest BCUT2D eigenvalue weighted by Crippen LogP contribution is -2.37. The molecule has 0 atom stereocenters. The number of hydrogen-bond acceptors (Lipinski definition) is 3. The summed E-state index contributed by atoms with van der Waals surface area (Å²) in [6, 6.07) is 10.4. The number of hydrogen-bond donors (Lipinski definition) is 0. The number of fused-ring (bicyclic) bond motifs is 2. The summed E-state index contributed by atoms with van der Waals surface area (Å²) in [4.78, 5) is 19.2. The molecule has 0 saturated carbocycles. The van der Waals surface area contributed by atoms with Gasteiger partial charge in [0.15, 0.2) is 0 Å². The Morgan fingerprint density at radius 2 is 1.76 bits per heavy atom. The number of rotatable bonds is 7. The Labute approximate surface area is 203 Å². The van der Waals surface area contributed by atoms with Crippen molar-refractivity contribution < 1.29 is 9.53 Å². The topological polar surface area (TPSA) is 42.4 Å². The Hall–Kier alpha value is -2.33. The van der Waals surface area contributed by atoms with Crippen molar-refractivity contribution in [3.63, 3.8) is 0 Å². The molecule has 176 valence electrons. The van der Waals surface area contributed by atoms with E-state index < -0.39 is 0 Å². The lowest BCUT2D eigenvalue weighted by molar-refractivity contribution is 0.0978. The first-order valence-electron chi connectivity index (χ1n) is 12.5. The van der Waals surface area contributed by atoms with Gasteiger partial charge in [-0.25, -0.2) is 4.79 Å². The van der Waals surface area contributed by atoms with Crippen molar-refractivity contribution in [1.82, 2.24) is 9.88 Å². The van der Waals surface area contributed by atoms with Gasteiger partial charge in [-0.2, -0.15) is 0 Å². The number of unbranched alkanes of at least 4 members (excludes halogenated alkanes) is 5. The lowest BCUT2D eigenvalue weighted by Gasteiger charge is -2.29. The predicted octanol–water partition coefficient (Wildman–Crippen LogP) is 7.23. The fraction of sp³-hybridized carbons (Fsp3) is 0.500. The number of nitrogens with zero attached hydrogens (tertiary/aromatic N) is 2. The second-order valence-corrected chi connectivity index (χ2v) is 9.60. The molecule has 2 heterocycles. The Morgan fingerprint density at radius 3 is 2.58 bits per heavy atom. The highest BCUT2D eigenvalue weighted by atomic mass is 35.5. The van der Waals surface area contributed by atoms with E-state index in [0.29, 0.717) is 19.7 Å². The molecule has 0 radical (unpaired) electrons. The van der Waals surface area contributed by atoms with Crippen LogP contribution >= 0.6 is 11.6 Å². The van der Waals surface area contributed by atoms with E-state index in [1.54, 1.807) is 0 Å². The Bertz CT molecular complexity index is 991. The van der Waals surface area contributed by atoms with Gasteiger partial charge in [0, 0.05) is 29.9 Å². The molecule has 0 spiro atoms. The molecule has 0 N–H and O–H groups in total. The normalized spacial score (nSPS) is 15.6. The third kappa shape index (κ3) is 5.97. The van der Waals surface area contributed by atoms with Gasteiger partial charge in [0.2, 0.25) is 0 Å². The van der Waals surface area contributed by atoms with E-state index in [9.17, 15) is 4.79 Å². The largest absolute Gasteiger partial charge is 0.449 e. The maximum absolute atomic E-state index is 12.6. The van der Waals surface area contributed by atoms with Gasteiger partial charge in [-0.1, -0.05) is 68.3 Å². The van der Waals surface area contributed by atoms with Gasteiger partial charge in [-0.05, 0) is 67.0 Å². The van der Waals surface area contributed by atoms with Crippen molar-refractivity contribution in [3.8, 4) is 0 Å². The van der Waals surface area contributed by atoms with Crippen LogP contribution in [0.4, 0.5) is 4.79 Å². The average molecular weight is 467 g/mol. The minimum Gasteiger partial charge on any atom is -0.449 e. The van der Waals surface area contributed by atoms with Gasteiger partial charge in [0.05, 0.1) is 12.3 Å². The van der Waals surface area contributed by atoms with E-state index >= 15 is 0 Å². The van der Waals surface area contributed by atoms with Crippen LogP contribution in [0.2, 0.25) is 5.02 Å². The fourth-order valence-corrected chi connectivity index (χ4v) is 5.17. The van der Waals surface area contributed by atoms with Crippen LogP contribution < -0.4 is 0 Å². The molecule has 2 aromatic rings. The summed E-state index contributed by atoms with van der Waals surface area (Å²) in [5, 5.41) is 0.778. The highest BCUT2D eigenvalue weighted by Crippen LogP contribution is 2.38. The summed E-state index contributed by atoms with van der Waals surface area (Å²) >= 11 is 6.32. The number of carbonyl (C=O) groups excluding carboxylic acids is 1. The minimum absolute atomic E-state index is 0.167. The summed E-state index contributed by atoms with van der Waals surface area (Å²) < 4.78 is 5.56. The number of halogens is 1. The summed E-state index contributed by atoms with van der Waals surface area (Å²) in [7, 11) is 0. The first-order chi connectivity index (χ1) is 16.2. The molecule has 0 bridgehead atoms. The summed E-state index contributed by atoms with van der Waals surface area (Å²) in [6.45, 7) is 4.14. The van der Waals surface area contributed by atoms with Crippen molar-refractivity contribution in [2.24, 2.45) is 0 Å². The molecule has 1 aromatic carbocycles. The van der Waals surface area contributed by atoms with Crippen molar-refractivity contribution in [1.29, 1.82) is 0 Å². The highest BCUT2D eigenvalue weighted by Gasteiger charge is 2.27. The molecule has 5 heteroatoms. The molecule has 1 aromatic heterocycles. The van der Waals surface area contributed by atoms with Crippen molar-refractivity contribution in [2.75, 3.05) is 19.7 Å². The number of benzene rings is 1. The third-order valence-corrected chi connectivity index (χ3v) is 7.07. The number of likely N-dealkylation sites (tertiary alicyclic amines) is 1. The van der Waals surface area contributed by atoms with Crippen LogP contribution in [0, 0.1) is 0 Å². The number of aromatic nitrogens is 1. The second kappa shape index (κ2) is 11.7. The van der Waals surface area contributed by atoms with Crippen LogP contribution in [0.1, 0.15) is 80.7 Å². The predicted molar refractivity (Wildman–Crippen MR) is 135 cm³/mol. The van der Waals surface area contributed by atoms with Crippen LogP contribution in [0.25, 0.3) is 5.57 Å². The second-order valence-electron chi connectivity index (χ2n) is 9.16. The maximum atomic E-state index is 12.6. The number of pyridine rings is 1. The van der Waals surface area contributed by atoms with E-state index in [0.717, 1.165) is 49.2 Å². The maximum Gasteiger partial charge on any atom is 0.409 e. The number of amides is 1. The zero-order valence-corrected chi connectivity index (χ0v) is 20.5. The molecule has 4 rings (SSSR count). The van der Waals surface area contributed by atoms with Crippen molar-refractivity contribution in [3.05, 3.63) is 69.5 Å². The molecule has 1 amide bonds. The monoisotopic (exact) mass is 466 g/mol. The molecule has 0 unspecified atom stereocenters. The van der Waals surface area contributed by atoms with Crippen LogP contribution in [-0.4, -0.2) is 35.7 Å². The quantitative estimate of drug-likeness (QED) is 0.404. The van der Waals surface area contributed by atoms with E-state index in [1.807, 2.05) is 23.2 Å². The van der Waals surface area contributed by atoms with Crippen molar-refractivity contribution >= 4 is 23.3 Å². The zero-order chi connectivity index (χ0) is 23.0. The zero-order valence-electron chi connectivity index (χ0n) is 19.7. The van der Waals surface area contributed by atoms with Gasteiger partial charge < -0.3 is 9.64 Å². The minimum atomic E-state index is -0.167. The fourth-order valence-electron chi connectivity index (χ4n) is 4.98. The number of ether oxygens (including phenoxy) is 1. The lowest BCUT2D eigenvalue weighted by atomic mass is 9.88. The molecular formula is C28H35ClN2O2. The van der Waals surface area contributed by atoms with Gasteiger partial charge in [0.1, 0.15) is 0 Å². The molecular weight excluding hydrogens is 432 g/mol. The van der Waals surface area contributed by atoms with E-state index in [2.05, 4.69) is 25.1 Å². The number of aryl methyl sites for hydroxylation is 2. The highest BCUT2D eigenvalue weighted by molar-refractivity contribution is 6.30. The third-order valence-electron chi connectivity index (χ3n) is 6.83. The van der Waals surface area contributed by atoms with E-state index in [1.165, 1.54) is 53.5 Å². The van der Waals surface area contributed by atoms with Crippen LogP contribution in [0.3, 0.4) is 0 Å². The summed E-state index contributed by atoms with van der Waals surface area (Å²) in [5.41, 5.74) is 7.52. The number of carbonyl (C=O) groups is 1. The Morgan fingerprint density at radius 1 is 1.00 bits per heavy atom. The number of piperidine rings is 1. The standard InChI is InChI=1S/C28H35ClN2O2/c1-2-3-4-5-6-7-19-33-28(32)31-17-14-21(15-18-31)26-25-13-12-24(29)20-23(25)11-10-22-9-8-16-30-27(22)26/h8-9,12-13,16,20H,2-7,10-11,14-15,17-19H2,1H3. The molecule has 1 saturated heterocycles. The molecule has 2 aliphatic rings. The Kier molecular flexibility index (Phi) is 8.44. The van der Waals surface area contributed by atoms with Crippen molar-refractivity contribution in [2.45, 2.75) is 71.1 Å². The van der Waals surface area contributed by atoms with Gasteiger partial charge >= 0.3 is 6.09 Å². The average Bonchev–Trinajstić information content (AvgIpc) is 3.00. The van der Waals surface area contributed by atoms with E-state index in [-0.39, 0.29) is 6.09 Å². The molecule has 4 nitrogen and oxygen atoms in total. The summed E-state index contributed by atoms with van der Waals surface area (Å²) in [5.74, 6) is 0. The van der Waals surface area contributed by atoms with Gasteiger partial charge in [-0.3, -0.25) is 4.98 Å². The van der Waals surface area contributed by atoms with Gasteiger partial charge in [-0.15, -0.1) is 0 Å². The summed E-state index contributed by atoms with van der Waals surface area (Å²) in [6.07, 6.45) is 12.5. The first-order valence-corrected chi connectivity index (χ1v) is 12.9. The van der Waals surface area contributed by atoms with E-state index in [4.69, 9.17) is 21.3 Å². The van der Waals surface area contributed by atoms with Gasteiger partial charge in [0.25, 0.3) is 0 Å². The smallest absolute Gasteiger partial charge is 0.409 e. The van der Waals surface area contributed by atoms with Crippen LogP contribution in [0.15, 0.2) is 42.1 Å². The molecule has 33 heavy (non-hydrogen) atoms. The SMILES string of the molecule is CCCCCCCCOC(=O)N1CCC(=C2c3ccc(Cl)cc3CCc3cccnc32)CC1. The molecule has 1 aliphatic carbocycles. The van der Waals surface area contributed by atoms with Crippen LogP contribution in [-0.2, 0) is 17.6 Å².